The van der Waals surface area contributed by atoms with Gasteiger partial charge in [-0.15, -0.1) is 0 Å². The summed E-state index contributed by atoms with van der Waals surface area (Å²) in [5.74, 6) is 2.37. The second-order valence-electron chi connectivity index (χ2n) is 6.76. The zero-order chi connectivity index (χ0) is 12.4. The van der Waals surface area contributed by atoms with Crippen molar-refractivity contribution in [1.29, 1.82) is 0 Å². The third-order valence-electron chi connectivity index (χ3n) is 4.53. The van der Waals surface area contributed by atoms with E-state index >= 15 is 0 Å². The minimum absolute atomic E-state index is 0.113. The highest BCUT2D eigenvalue weighted by Gasteiger charge is 2.39. The molecule has 98 valence electrons. The predicted molar refractivity (Wildman–Crippen MR) is 78.8 cm³/mol. The second kappa shape index (κ2) is 5.30. The van der Waals surface area contributed by atoms with Crippen LogP contribution in [0.3, 0.4) is 0 Å². The molecule has 1 aliphatic heterocycles. The average molecular weight is 245 g/mol. The monoisotopic (exact) mass is 245 g/mol. The van der Waals surface area contributed by atoms with Gasteiger partial charge in [0.05, 0.1) is 0 Å². The van der Waals surface area contributed by atoms with E-state index in [1.165, 1.54) is 19.3 Å². The van der Waals surface area contributed by atoms with Gasteiger partial charge in [0.2, 0.25) is 0 Å². The Morgan fingerprint density at radius 1 is 1.38 bits per heavy atom. The van der Waals surface area contributed by atoms with E-state index in [-0.39, 0.29) is 10.0 Å². The lowest BCUT2D eigenvalue weighted by Crippen LogP contribution is -2.32. The van der Waals surface area contributed by atoms with Crippen molar-refractivity contribution in [2.24, 2.45) is 11.3 Å². The number of hydrogen-bond acceptors (Lipinski definition) is 1. The summed E-state index contributed by atoms with van der Waals surface area (Å²) in [4.78, 5) is 0. The Morgan fingerprint density at radius 3 is 2.38 bits per heavy atom. The third kappa shape index (κ3) is 3.96. The van der Waals surface area contributed by atoms with Gasteiger partial charge in [0.1, 0.15) is 0 Å². The van der Waals surface area contributed by atoms with Gasteiger partial charge in [0.25, 0.3) is 0 Å². The van der Waals surface area contributed by atoms with Crippen LogP contribution in [0.1, 0.15) is 40.0 Å². The summed E-state index contributed by atoms with van der Waals surface area (Å²) in [6.07, 6.45) is 9.32. The van der Waals surface area contributed by atoms with Gasteiger partial charge >= 0.3 is 0 Å². The van der Waals surface area contributed by atoms with Crippen molar-refractivity contribution in [3.63, 3.8) is 0 Å². The van der Waals surface area contributed by atoms with Gasteiger partial charge in [-0.3, -0.25) is 0 Å². The average Bonchev–Trinajstić information content (AvgIpc) is 2.73. The fraction of sp³-hybridized carbons (Fsp3) is 1.00. The molecule has 0 amide bonds. The molecule has 1 aliphatic rings. The summed E-state index contributed by atoms with van der Waals surface area (Å²) < 4.78 is 0. The summed E-state index contributed by atoms with van der Waals surface area (Å²) in [6.45, 7) is 8.33. The first-order valence-corrected chi connectivity index (χ1v) is 9.32. The lowest BCUT2D eigenvalue weighted by atomic mass is 9.77. The van der Waals surface area contributed by atoms with E-state index in [2.05, 4.69) is 45.6 Å². The van der Waals surface area contributed by atoms with Crippen LogP contribution in [0, 0.1) is 11.3 Å². The molecule has 0 spiro atoms. The van der Waals surface area contributed by atoms with Crippen LogP contribution in [0.15, 0.2) is 0 Å². The molecule has 1 rings (SSSR count). The van der Waals surface area contributed by atoms with Crippen LogP contribution in [0.5, 0.6) is 0 Å². The van der Waals surface area contributed by atoms with Gasteiger partial charge in [0, 0.05) is 6.54 Å². The highest BCUT2D eigenvalue weighted by Crippen LogP contribution is 2.63. The van der Waals surface area contributed by atoms with Crippen LogP contribution in [0.2, 0.25) is 0 Å². The van der Waals surface area contributed by atoms with E-state index in [0.717, 1.165) is 17.7 Å². The maximum atomic E-state index is 3.32. The third-order valence-corrected chi connectivity index (χ3v) is 7.57. The molecule has 0 bridgehead atoms. The first kappa shape index (κ1) is 14.4. The van der Waals surface area contributed by atoms with Crippen molar-refractivity contribution in [3.05, 3.63) is 0 Å². The minimum Gasteiger partial charge on any atom is -0.319 e. The Kier molecular flexibility index (Phi) is 4.76. The zero-order valence-electron chi connectivity index (χ0n) is 12.1. The summed E-state index contributed by atoms with van der Waals surface area (Å²) in [5, 5.41) is 4.42. The lowest BCUT2D eigenvalue weighted by Gasteiger charge is -2.31. The van der Waals surface area contributed by atoms with E-state index in [0.29, 0.717) is 5.41 Å². The van der Waals surface area contributed by atoms with Gasteiger partial charge in [-0.05, 0) is 48.3 Å². The highest BCUT2D eigenvalue weighted by atomic mass is 32.3. The Balaban J connectivity index is 2.17. The molecule has 0 saturated carbocycles. The van der Waals surface area contributed by atoms with Gasteiger partial charge in [-0.25, -0.2) is 10.0 Å². The maximum Gasteiger partial charge on any atom is 0.000206 e. The highest BCUT2D eigenvalue weighted by molar-refractivity contribution is 8.39. The van der Waals surface area contributed by atoms with Gasteiger partial charge < -0.3 is 5.32 Å². The van der Waals surface area contributed by atoms with Crippen molar-refractivity contribution < 1.29 is 0 Å². The molecule has 2 unspecified atom stereocenters. The van der Waals surface area contributed by atoms with E-state index in [9.17, 15) is 0 Å². The van der Waals surface area contributed by atoms with E-state index in [4.69, 9.17) is 0 Å². The largest absolute Gasteiger partial charge is 0.319 e. The SMILES string of the molecule is CNCC(C)(C)C(C)CCCC1CS1(C)C. The summed E-state index contributed by atoms with van der Waals surface area (Å²) in [6, 6.07) is 0. The Bertz CT molecular complexity index is 223. The Labute approximate surface area is 104 Å². The molecule has 16 heavy (non-hydrogen) atoms. The molecule has 0 aromatic rings. The molecule has 0 aliphatic carbocycles. The topological polar surface area (TPSA) is 12.0 Å². The maximum absolute atomic E-state index is 3.32. The quantitative estimate of drug-likeness (QED) is 0.677. The molecule has 0 radical (unpaired) electrons. The molecule has 2 heteroatoms. The summed E-state index contributed by atoms with van der Waals surface area (Å²) in [5.41, 5.74) is 0.445. The molecular weight excluding hydrogens is 214 g/mol. The molecule has 0 aromatic carbocycles. The first-order valence-electron chi connectivity index (χ1n) is 6.64. The molecular formula is C14H31NS. The lowest BCUT2D eigenvalue weighted by molar-refractivity contribution is 0.210. The molecule has 1 fully saturated rings. The molecule has 1 N–H and O–H groups in total. The molecule has 2 atom stereocenters. The van der Waals surface area contributed by atoms with Gasteiger partial charge in [-0.1, -0.05) is 33.6 Å². The number of rotatable bonds is 7. The standard InChI is InChI=1S/C14H31NS/c1-12(14(2,3)11-15-4)8-7-9-13-10-16(13,5)6/h12-13,15H,7-11H2,1-6H3. The normalized spacial score (nSPS) is 27.5. The smallest absolute Gasteiger partial charge is 0.000206 e. The number of nitrogens with one attached hydrogen (secondary N) is 1. The molecule has 1 heterocycles. The van der Waals surface area contributed by atoms with Crippen molar-refractivity contribution >= 4 is 10.0 Å². The Hall–Kier alpha value is 0.310. The molecule has 1 saturated heterocycles. The van der Waals surface area contributed by atoms with Gasteiger partial charge in [-0.2, -0.15) is 0 Å². The van der Waals surface area contributed by atoms with E-state index in [1.807, 2.05) is 0 Å². The van der Waals surface area contributed by atoms with E-state index < -0.39 is 0 Å². The fourth-order valence-corrected chi connectivity index (χ4v) is 5.18. The van der Waals surface area contributed by atoms with Crippen LogP contribution in [0.4, 0.5) is 0 Å². The van der Waals surface area contributed by atoms with E-state index in [1.54, 1.807) is 5.75 Å². The molecule has 0 aromatic heterocycles. The van der Waals surface area contributed by atoms with Crippen molar-refractivity contribution in [1.82, 2.24) is 5.32 Å². The van der Waals surface area contributed by atoms with Crippen LogP contribution in [-0.4, -0.2) is 37.1 Å². The van der Waals surface area contributed by atoms with Crippen molar-refractivity contribution in [2.45, 2.75) is 45.3 Å². The second-order valence-corrected chi connectivity index (χ2v) is 11.0. The van der Waals surface area contributed by atoms with Crippen molar-refractivity contribution in [2.75, 3.05) is 31.9 Å². The summed E-state index contributed by atoms with van der Waals surface area (Å²) >= 11 is 0. The molecule has 1 nitrogen and oxygen atoms in total. The van der Waals surface area contributed by atoms with Crippen molar-refractivity contribution in [3.8, 4) is 0 Å². The van der Waals surface area contributed by atoms with Crippen LogP contribution in [-0.2, 0) is 0 Å². The van der Waals surface area contributed by atoms with Crippen LogP contribution < -0.4 is 5.32 Å². The predicted octanol–water partition coefficient (Wildman–Crippen LogP) is 3.48. The zero-order valence-corrected chi connectivity index (χ0v) is 12.9. The summed E-state index contributed by atoms with van der Waals surface area (Å²) in [7, 11) is 1.95. The minimum atomic E-state index is -0.113. The first-order chi connectivity index (χ1) is 7.29. The number of hydrogen-bond donors (Lipinski definition) is 1. The van der Waals surface area contributed by atoms with Crippen LogP contribution >= 0.6 is 10.0 Å². The van der Waals surface area contributed by atoms with Crippen LogP contribution in [0.25, 0.3) is 0 Å². The Morgan fingerprint density at radius 2 is 1.94 bits per heavy atom. The van der Waals surface area contributed by atoms with Gasteiger partial charge in [0.15, 0.2) is 0 Å². The fourth-order valence-electron chi connectivity index (χ4n) is 2.51.